The number of quaternary nitrogens is 1. The molecule has 0 amide bonds. The van der Waals surface area contributed by atoms with Crippen LogP contribution in [-0.4, -0.2) is 30.7 Å². The molecule has 1 aliphatic heterocycles. The summed E-state index contributed by atoms with van der Waals surface area (Å²) in [5.41, 5.74) is 0. The van der Waals surface area contributed by atoms with Crippen LogP contribution in [0.5, 0.6) is 0 Å². The summed E-state index contributed by atoms with van der Waals surface area (Å²) >= 11 is 0. The lowest BCUT2D eigenvalue weighted by Crippen LogP contribution is -2.45. The van der Waals surface area contributed by atoms with E-state index < -0.39 is 0 Å². The molecule has 1 heteroatoms. The topological polar surface area (TPSA) is 0 Å². The summed E-state index contributed by atoms with van der Waals surface area (Å²) in [6, 6.07) is 0. The first kappa shape index (κ1) is 18.0. The van der Waals surface area contributed by atoms with Crippen LogP contribution in [0.1, 0.15) is 97.3 Å². The Morgan fingerprint density at radius 3 is 1.50 bits per heavy atom. The van der Waals surface area contributed by atoms with Crippen molar-refractivity contribution in [2.75, 3.05) is 26.2 Å². The summed E-state index contributed by atoms with van der Waals surface area (Å²) in [4.78, 5) is 0. The predicted molar refractivity (Wildman–Crippen MR) is 91.1 cm³/mol. The van der Waals surface area contributed by atoms with Gasteiger partial charge in [-0.1, -0.05) is 64.7 Å². The zero-order valence-corrected chi connectivity index (χ0v) is 14.5. The van der Waals surface area contributed by atoms with E-state index >= 15 is 0 Å². The largest absolute Gasteiger partial charge is 0.324 e. The third-order valence-corrected chi connectivity index (χ3v) is 5.42. The Morgan fingerprint density at radius 2 is 1.05 bits per heavy atom. The van der Waals surface area contributed by atoms with Gasteiger partial charge in [-0.05, 0) is 19.8 Å². The fraction of sp³-hybridized carbons (Fsp3) is 1.00. The summed E-state index contributed by atoms with van der Waals surface area (Å²) < 4.78 is 1.44. The smallest absolute Gasteiger partial charge is 0.0788 e. The maximum Gasteiger partial charge on any atom is 0.0788 e. The molecule has 0 aromatic carbocycles. The highest BCUT2D eigenvalue weighted by atomic mass is 15.4. The molecule has 0 bridgehead atoms. The van der Waals surface area contributed by atoms with E-state index in [1.165, 1.54) is 114 Å². The van der Waals surface area contributed by atoms with Gasteiger partial charge in [0.25, 0.3) is 0 Å². The van der Waals surface area contributed by atoms with Crippen LogP contribution in [-0.2, 0) is 0 Å². The van der Waals surface area contributed by atoms with Crippen molar-refractivity contribution in [1.29, 1.82) is 0 Å². The molecule has 1 heterocycles. The summed E-state index contributed by atoms with van der Waals surface area (Å²) in [6.45, 7) is 10.5. The SMILES string of the molecule is CCCCCCCCCCCCC[N+]1(CC)CCCC1. The maximum atomic E-state index is 2.39. The van der Waals surface area contributed by atoms with Crippen molar-refractivity contribution >= 4 is 0 Å². The standard InChI is InChI=1S/C19H40N/c1-3-5-6-7-8-9-10-11-12-13-14-17-20(4-2)18-15-16-19-20/h3-19H2,1-2H3/q+1. The molecule has 0 atom stereocenters. The second kappa shape index (κ2) is 11.6. The highest BCUT2D eigenvalue weighted by molar-refractivity contribution is 4.55. The number of unbranched alkanes of at least 4 members (excludes halogenated alkanes) is 10. The van der Waals surface area contributed by atoms with Crippen LogP contribution in [0, 0.1) is 0 Å². The third kappa shape index (κ3) is 7.67. The minimum absolute atomic E-state index is 1.37. The first-order valence-electron chi connectivity index (χ1n) is 9.68. The highest BCUT2D eigenvalue weighted by Crippen LogP contribution is 2.20. The molecule has 1 rings (SSSR count). The van der Waals surface area contributed by atoms with Crippen molar-refractivity contribution < 1.29 is 4.48 Å². The van der Waals surface area contributed by atoms with E-state index in [1.54, 1.807) is 0 Å². The molecule has 0 aromatic rings. The normalized spacial score (nSPS) is 17.7. The lowest BCUT2D eigenvalue weighted by atomic mass is 10.1. The average molecular weight is 283 g/mol. The molecule has 20 heavy (non-hydrogen) atoms. The number of likely N-dealkylation sites (tertiary alicyclic amines) is 1. The fourth-order valence-electron chi connectivity index (χ4n) is 3.82. The monoisotopic (exact) mass is 282 g/mol. The molecule has 0 unspecified atom stereocenters. The van der Waals surface area contributed by atoms with Gasteiger partial charge in [-0.15, -0.1) is 0 Å². The van der Waals surface area contributed by atoms with Crippen molar-refractivity contribution in [3.05, 3.63) is 0 Å². The van der Waals surface area contributed by atoms with E-state index in [0.29, 0.717) is 0 Å². The Balaban J connectivity index is 1.83. The molecular weight excluding hydrogens is 242 g/mol. The molecule has 1 aliphatic rings. The van der Waals surface area contributed by atoms with E-state index in [1.807, 2.05) is 0 Å². The van der Waals surface area contributed by atoms with E-state index in [0.717, 1.165) is 0 Å². The zero-order valence-electron chi connectivity index (χ0n) is 14.5. The predicted octanol–water partition coefficient (Wildman–Crippen LogP) is 5.93. The molecule has 1 nitrogen and oxygen atoms in total. The lowest BCUT2D eigenvalue weighted by molar-refractivity contribution is -0.915. The average Bonchev–Trinajstić information content (AvgIpc) is 2.94. The molecule has 1 fully saturated rings. The van der Waals surface area contributed by atoms with Crippen LogP contribution >= 0.6 is 0 Å². The van der Waals surface area contributed by atoms with E-state index in [4.69, 9.17) is 0 Å². The summed E-state index contributed by atoms with van der Waals surface area (Å²) in [5.74, 6) is 0. The van der Waals surface area contributed by atoms with Crippen molar-refractivity contribution in [2.45, 2.75) is 97.3 Å². The van der Waals surface area contributed by atoms with Gasteiger partial charge < -0.3 is 4.48 Å². The van der Waals surface area contributed by atoms with Gasteiger partial charge in [-0.2, -0.15) is 0 Å². The van der Waals surface area contributed by atoms with Gasteiger partial charge in [0.15, 0.2) is 0 Å². The Hall–Kier alpha value is -0.0400. The van der Waals surface area contributed by atoms with Crippen LogP contribution in [0.4, 0.5) is 0 Å². The molecule has 0 spiro atoms. The number of rotatable bonds is 13. The van der Waals surface area contributed by atoms with Crippen LogP contribution in [0.2, 0.25) is 0 Å². The molecule has 1 saturated heterocycles. The maximum absolute atomic E-state index is 2.39. The van der Waals surface area contributed by atoms with Gasteiger partial charge in [0, 0.05) is 12.8 Å². The molecule has 0 aromatic heterocycles. The Kier molecular flexibility index (Phi) is 10.4. The number of hydrogen-bond acceptors (Lipinski definition) is 0. The van der Waals surface area contributed by atoms with Gasteiger partial charge in [0.05, 0.1) is 26.2 Å². The Morgan fingerprint density at radius 1 is 0.600 bits per heavy atom. The number of nitrogens with zero attached hydrogens (tertiary/aromatic N) is 1. The minimum atomic E-state index is 1.37. The van der Waals surface area contributed by atoms with E-state index in [-0.39, 0.29) is 0 Å². The van der Waals surface area contributed by atoms with Gasteiger partial charge in [0.1, 0.15) is 0 Å². The van der Waals surface area contributed by atoms with Crippen molar-refractivity contribution in [2.24, 2.45) is 0 Å². The number of hydrogen-bond donors (Lipinski definition) is 0. The van der Waals surface area contributed by atoms with Gasteiger partial charge in [-0.25, -0.2) is 0 Å². The van der Waals surface area contributed by atoms with Gasteiger partial charge >= 0.3 is 0 Å². The third-order valence-electron chi connectivity index (χ3n) is 5.42. The Bertz CT molecular complexity index is 206. The highest BCUT2D eigenvalue weighted by Gasteiger charge is 2.28. The Labute approximate surface area is 128 Å². The first-order chi connectivity index (χ1) is 9.83. The van der Waals surface area contributed by atoms with Crippen molar-refractivity contribution in [3.63, 3.8) is 0 Å². The van der Waals surface area contributed by atoms with Crippen LogP contribution in [0.15, 0.2) is 0 Å². The molecule has 0 N–H and O–H groups in total. The molecular formula is C19H40N+. The zero-order chi connectivity index (χ0) is 14.5. The fourth-order valence-corrected chi connectivity index (χ4v) is 3.82. The van der Waals surface area contributed by atoms with Gasteiger partial charge in [0.2, 0.25) is 0 Å². The second-order valence-electron chi connectivity index (χ2n) is 7.07. The molecule has 0 saturated carbocycles. The quantitative estimate of drug-likeness (QED) is 0.290. The first-order valence-corrected chi connectivity index (χ1v) is 9.68. The molecule has 120 valence electrons. The van der Waals surface area contributed by atoms with Crippen molar-refractivity contribution in [1.82, 2.24) is 0 Å². The van der Waals surface area contributed by atoms with E-state index in [2.05, 4.69) is 13.8 Å². The van der Waals surface area contributed by atoms with Crippen molar-refractivity contribution in [3.8, 4) is 0 Å². The summed E-state index contributed by atoms with van der Waals surface area (Å²) in [7, 11) is 0. The summed E-state index contributed by atoms with van der Waals surface area (Å²) in [6.07, 6.45) is 19.1. The summed E-state index contributed by atoms with van der Waals surface area (Å²) in [5, 5.41) is 0. The minimum Gasteiger partial charge on any atom is -0.324 e. The van der Waals surface area contributed by atoms with Crippen LogP contribution < -0.4 is 0 Å². The van der Waals surface area contributed by atoms with Crippen LogP contribution in [0.3, 0.4) is 0 Å². The molecule has 0 radical (unpaired) electrons. The lowest BCUT2D eigenvalue weighted by Gasteiger charge is -2.33. The second-order valence-corrected chi connectivity index (χ2v) is 7.07. The molecule has 0 aliphatic carbocycles. The van der Waals surface area contributed by atoms with Gasteiger partial charge in [-0.3, -0.25) is 0 Å². The van der Waals surface area contributed by atoms with Crippen LogP contribution in [0.25, 0.3) is 0 Å². The van der Waals surface area contributed by atoms with E-state index in [9.17, 15) is 0 Å².